The molecule has 2 aromatic rings. The van der Waals surface area contributed by atoms with Gasteiger partial charge in [-0.2, -0.15) is 5.10 Å². The van der Waals surface area contributed by atoms with Crippen LogP contribution in [0.4, 0.5) is 0 Å². The molecule has 4 N–H and O–H groups in total. The molecule has 158 valence electrons. The van der Waals surface area contributed by atoms with Crippen molar-refractivity contribution in [2.24, 2.45) is 5.73 Å². The number of rotatable bonds is 5. The van der Waals surface area contributed by atoms with Crippen LogP contribution in [0.3, 0.4) is 0 Å². The van der Waals surface area contributed by atoms with E-state index >= 15 is 0 Å². The third-order valence-electron chi connectivity index (χ3n) is 5.06. The number of hydrogen-bond acceptors (Lipinski definition) is 4. The first kappa shape index (κ1) is 22.6. The van der Waals surface area contributed by atoms with E-state index in [0.717, 1.165) is 5.56 Å². The monoisotopic (exact) mass is 399 g/mol. The Morgan fingerprint density at radius 2 is 1.83 bits per heavy atom. The second-order valence-electron chi connectivity index (χ2n) is 7.28. The first-order valence-corrected chi connectivity index (χ1v) is 10.4. The molecule has 1 aliphatic carbocycles. The summed E-state index contributed by atoms with van der Waals surface area (Å²) in [5.74, 6) is -0.558. The van der Waals surface area contributed by atoms with Crippen LogP contribution < -0.4 is 16.4 Å². The molecule has 29 heavy (non-hydrogen) atoms. The Morgan fingerprint density at radius 3 is 2.34 bits per heavy atom. The van der Waals surface area contributed by atoms with Gasteiger partial charge in [0, 0.05) is 25.7 Å². The minimum absolute atomic E-state index is 0.155. The fourth-order valence-electron chi connectivity index (χ4n) is 3.36. The Labute approximate surface area is 173 Å². The molecule has 7 heteroatoms. The van der Waals surface area contributed by atoms with E-state index in [4.69, 9.17) is 5.73 Å². The maximum Gasteiger partial charge on any atom is 0.271 e. The van der Waals surface area contributed by atoms with E-state index < -0.39 is 0 Å². The topological polar surface area (TPSA) is 102 Å². The lowest BCUT2D eigenvalue weighted by atomic mass is 9.97. The molecule has 0 aliphatic heterocycles. The van der Waals surface area contributed by atoms with Crippen LogP contribution in [-0.2, 0) is 0 Å². The van der Waals surface area contributed by atoms with Gasteiger partial charge in [-0.3, -0.25) is 14.3 Å². The molecule has 0 saturated heterocycles. The highest BCUT2D eigenvalue weighted by Gasteiger charge is 2.22. The zero-order chi connectivity index (χ0) is 21.2. The molecule has 0 spiro atoms. The summed E-state index contributed by atoms with van der Waals surface area (Å²) >= 11 is 0. The second kappa shape index (κ2) is 11.4. The smallest absolute Gasteiger partial charge is 0.271 e. The normalized spacial score (nSPS) is 15.0. The van der Waals surface area contributed by atoms with Gasteiger partial charge in [0.25, 0.3) is 11.8 Å². The molecule has 1 atom stereocenters. The van der Waals surface area contributed by atoms with Gasteiger partial charge in [0.1, 0.15) is 5.69 Å². The highest BCUT2D eigenvalue weighted by Crippen LogP contribution is 2.20. The maximum atomic E-state index is 12.2. The molecule has 1 aromatic carbocycles. The molecule has 1 heterocycles. The number of hydrogen-bond donors (Lipinski definition) is 3. The molecular formula is C22H33N5O2. The van der Waals surface area contributed by atoms with Gasteiger partial charge in [-0.05, 0) is 32.3 Å². The van der Waals surface area contributed by atoms with E-state index in [0.29, 0.717) is 18.3 Å². The highest BCUT2D eigenvalue weighted by atomic mass is 16.2. The Bertz CT molecular complexity index is 782. The van der Waals surface area contributed by atoms with Gasteiger partial charge >= 0.3 is 0 Å². The van der Waals surface area contributed by atoms with Gasteiger partial charge in [-0.15, -0.1) is 0 Å². The predicted molar refractivity (Wildman–Crippen MR) is 115 cm³/mol. The minimum Gasteiger partial charge on any atom is -0.354 e. The molecule has 1 unspecified atom stereocenters. The summed E-state index contributed by atoms with van der Waals surface area (Å²) in [6.45, 7) is 4.30. The number of aromatic nitrogens is 2. The number of nitrogens with one attached hydrogen (secondary N) is 2. The lowest BCUT2D eigenvalue weighted by Gasteiger charge is -2.15. The molecule has 1 fully saturated rings. The SMILES string of the molecule is CCNC(=O)c1cc(C(=O)NC)nn1C(C)c1ccccc1.NC1CCCCC1. The molecule has 1 saturated carbocycles. The van der Waals surface area contributed by atoms with Crippen molar-refractivity contribution in [2.75, 3.05) is 13.6 Å². The predicted octanol–water partition coefficient (Wildman–Crippen LogP) is 2.88. The van der Waals surface area contributed by atoms with Crippen molar-refractivity contribution in [2.45, 2.75) is 58.0 Å². The van der Waals surface area contributed by atoms with E-state index in [2.05, 4.69) is 15.7 Å². The first-order chi connectivity index (χ1) is 14.0. The summed E-state index contributed by atoms with van der Waals surface area (Å²) in [6.07, 6.45) is 6.66. The molecule has 3 rings (SSSR count). The Kier molecular flexibility index (Phi) is 8.86. The Balaban J connectivity index is 0.000000360. The van der Waals surface area contributed by atoms with Crippen molar-refractivity contribution < 1.29 is 9.59 Å². The van der Waals surface area contributed by atoms with E-state index in [1.165, 1.54) is 45.2 Å². The summed E-state index contributed by atoms with van der Waals surface area (Å²) in [5.41, 5.74) is 7.25. The van der Waals surface area contributed by atoms with Crippen LogP contribution >= 0.6 is 0 Å². The molecule has 1 aromatic heterocycles. The van der Waals surface area contributed by atoms with Crippen LogP contribution in [0.5, 0.6) is 0 Å². The number of nitrogens with two attached hydrogens (primary N) is 1. The summed E-state index contributed by atoms with van der Waals surface area (Å²) in [6, 6.07) is 11.6. The van der Waals surface area contributed by atoms with Crippen molar-refractivity contribution in [1.29, 1.82) is 0 Å². The number of amides is 2. The van der Waals surface area contributed by atoms with Crippen LogP contribution in [-0.4, -0.2) is 41.2 Å². The van der Waals surface area contributed by atoms with Crippen molar-refractivity contribution >= 4 is 11.8 Å². The third kappa shape index (κ3) is 6.42. The lowest BCUT2D eigenvalue weighted by Crippen LogP contribution is -2.27. The number of nitrogens with zero attached hydrogens (tertiary/aromatic N) is 2. The van der Waals surface area contributed by atoms with Gasteiger partial charge in [-0.25, -0.2) is 0 Å². The number of carbonyl (C=O) groups excluding carboxylic acids is 2. The molecule has 1 aliphatic rings. The van der Waals surface area contributed by atoms with Crippen molar-refractivity contribution in [1.82, 2.24) is 20.4 Å². The van der Waals surface area contributed by atoms with Gasteiger partial charge < -0.3 is 16.4 Å². The average Bonchev–Trinajstić information content (AvgIpc) is 3.20. The van der Waals surface area contributed by atoms with Crippen LogP contribution in [0.25, 0.3) is 0 Å². The zero-order valence-electron chi connectivity index (χ0n) is 17.6. The Hall–Kier alpha value is -2.67. The molecule has 0 bridgehead atoms. The van der Waals surface area contributed by atoms with Crippen LogP contribution in [0.15, 0.2) is 36.4 Å². The van der Waals surface area contributed by atoms with Gasteiger partial charge in [0.15, 0.2) is 5.69 Å². The van der Waals surface area contributed by atoms with Gasteiger partial charge in [0.2, 0.25) is 0 Å². The molecule has 2 amide bonds. The molecule has 0 radical (unpaired) electrons. The standard InChI is InChI=1S/C16H20N4O2.C6H13N/c1-4-18-16(22)14-10-13(15(21)17-3)19-20(14)11(2)12-8-6-5-7-9-12;7-6-4-2-1-3-5-6/h5-11H,4H2,1-3H3,(H,17,21)(H,18,22);6H,1-5,7H2. The number of benzene rings is 1. The summed E-state index contributed by atoms with van der Waals surface area (Å²) in [5, 5.41) is 9.58. The maximum absolute atomic E-state index is 12.2. The largest absolute Gasteiger partial charge is 0.354 e. The fraction of sp³-hybridized carbons (Fsp3) is 0.500. The van der Waals surface area contributed by atoms with Gasteiger partial charge in [-0.1, -0.05) is 49.6 Å². The van der Waals surface area contributed by atoms with Crippen molar-refractivity contribution in [3.05, 3.63) is 53.3 Å². The summed E-state index contributed by atoms with van der Waals surface area (Å²) in [7, 11) is 1.54. The first-order valence-electron chi connectivity index (χ1n) is 10.4. The van der Waals surface area contributed by atoms with Crippen LogP contribution in [0, 0.1) is 0 Å². The Morgan fingerprint density at radius 1 is 1.17 bits per heavy atom. The third-order valence-corrected chi connectivity index (χ3v) is 5.06. The second-order valence-corrected chi connectivity index (χ2v) is 7.28. The van der Waals surface area contributed by atoms with E-state index in [1.807, 2.05) is 44.2 Å². The highest BCUT2D eigenvalue weighted by molar-refractivity contribution is 5.97. The van der Waals surface area contributed by atoms with Crippen molar-refractivity contribution in [3.63, 3.8) is 0 Å². The van der Waals surface area contributed by atoms with Crippen LogP contribution in [0.1, 0.15) is 78.5 Å². The van der Waals surface area contributed by atoms with E-state index in [-0.39, 0.29) is 23.6 Å². The van der Waals surface area contributed by atoms with E-state index in [9.17, 15) is 9.59 Å². The van der Waals surface area contributed by atoms with Crippen LogP contribution in [0.2, 0.25) is 0 Å². The molecular weight excluding hydrogens is 366 g/mol. The fourth-order valence-corrected chi connectivity index (χ4v) is 3.36. The quantitative estimate of drug-likeness (QED) is 0.719. The lowest BCUT2D eigenvalue weighted by molar-refractivity contribution is 0.0940. The molecule has 7 nitrogen and oxygen atoms in total. The number of carbonyl (C=O) groups is 2. The summed E-state index contributed by atoms with van der Waals surface area (Å²) in [4.78, 5) is 24.0. The van der Waals surface area contributed by atoms with Crippen molar-refractivity contribution in [3.8, 4) is 0 Å². The zero-order valence-corrected chi connectivity index (χ0v) is 17.6. The minimum atomic E-state index is -0.315. The van der Waals surface area contributed by atoms with E-state index in [1.54, 1.807) is 4.68 Å². The average molecular weight is 400 g/mol. The summed E-state index contributed by atoms with van der Waals surface area (Å²) < 4.78 is 1.59. The van der Waals surface area contributed by atoms with Gasteiger partial charge in [0.05, 0.1) is 6.04 Å².